The highest BCUT2D eigenvalue weighted by molar-refractivity contribution is 7.99. The molecule has 0 spiro atoms. The molecule has 1 aromatic carbocycles. The lowest BCUT2D eigenvalue weighted by Gasteiger charge is -2.16. The molecule has 24 heavy (non-hydrogen) atoms. The van der Waals surface area contributed by atoms with Crippen molar-refractivity contribution >= 4 is 17.7 Å². The van der Waals surface area contributed by atoms with E-state index >= 15 is 0 Å². The van der Waals surface area contributed by atoms with Crippen molar-refractivity contribution in [3.63, 3.8) is 0 Å². The number of carbonyl (C=O) groups is 1. The van der Waals surface area contributed by atoms with Crippen molar-refractivity contribution in [2.24, 2.45) is 0 Å². The first kappa shape index (κ1) is 15.7. The van der Waals surface area contributed by atoms with Gasteiger partial charge in [-0.05, 0) is 31.4 Å². The lowest BCUT2D eigenvalue weighted by molar-refractivity contribution is -0.129. The number of hydrogen-bond acceptors (Lipinski definition) is 4. The molecule has 2 aromatic rings. The van der Waals surface area contributed by atoms with Crippen LogP contribution in [0.2, 0.25) is 0 Å². The summed E-state index contributed by atoms with van der Waals surface area (Å²) in [6.45, 7) is 1.60. The minimum absolute atomic E-state index is 0.253. The summed E-state index contributed by atoms with van der Waals surface area (Å²) in [6.07, 6.45) is 6.14. The van der Waals surface area contributed by atoms with Crippen LogP contribution in [0.1, 0.15) is 43.3 Å². The Balaban J connectivity index is 1.25. The van der Waals surface area contributed by atoms with Crippen LogP contribution in [0.5, 0.6) is 0 Å². The van der Waals surface area contributed by atoms with Crippen molar-refractivity contribution in [3.8, 4) is 0 Å². The van der Waals surface area contributed by atoms with Crippen LogP contribution in [0.25, 0.3) is 0 Å². The molecule has 1 aliphatic carbocycles. The van der Waals surface area contributed by atoms with Crippen LogP contribution >= 0.6 is 11.8 Å². The molecule has 0 radical (unpaired) electrons. The summed E-state index contributed by atoms with van der Waals surface area (Å²) in [7, 11) is 0. The third-order valence-corrected chi connectivity index (χ3v) is 5.76. The van der Waals surface area contributed by atoms with Gasteiger partial charge in [0.2, 0.25) is 5.91 Å². The van der Waals surface area contributed by atoms with Gasteiger partial charge in [-0.15, -0.1) is 16.9 Å². The van der Waals surface area contributed by atoms with E-state index in [4.69, 9.17) is 0 Å². The largest absolute Gasteiger partial charge is 0.340 e. The van der Waals surface area contributed by atoms with Crippen molar-refractivity contribution in [2.75, 3.05) is 18.8 Å². The van der Waals surface area contributed by atoms with Crippen LogP contribution in [-0.4, -0.2) is 44.6 Å². The lowest BCUT2D eigenvalue weighted by Crippen LogP contribution is -2.29. The number of carbonyl (C=O) groups excluding carboxylic acids is 1. The zero-order valence-corrected chi connectivity index (χ0v) is 14.5. The molecule has 0 bridgehead atoms. The Labute approximate surface area is 146 Å². The van der Waals surface area contributed by atoms with Crippen LogP contribution in [0.4, 0.5) is 0 Å². The minimum Gasteiger partial charge on any atom is -0.340 e. The van der Waals surface area contributed by atoms with Gasteiger partial charge in [0, 0.05) is 42.3 Å². The van der Waals surface area contributed by atoms with E-state index in [9.17, 15) is 4.79 Å². The third-order valence-electron chi connectivity index (χ3n) is 4.74. The van der Waals surface area contributed by atoms with Crippen LogP contribution in [0.3, 0.4) is 0 Å². The van der Waals surface area contributed by atoms with E-state index in [2.05, 4.69) is 28.6 Å². The maximum atomic E-state index is 12.4. The van der Waals surface area contributed by atoms with Gasteiger partial charge in [0.1, 0.15) is 0 Å². The SMILES string of the molecule is O=C(CCSc1ccccc1)N1CCC(n2cc(C3CC3)nn2)C1. The van der Waals surface area contributed by atoms with Crippen molar-refractivity contribution in [2.45, 2.75) is 42.5 Å². The van der Waals surface area contributed by atoms with Crippen LogP contribution < -0.4 is 0 Å². The van der Waals surface area contributed by atoms with Gasteiger partial charge in [-0.1, -0.05) is 23.4 Å². The highest BCUT2D eigenvalue weighted by Gasteiger charge is 2.30. The molecule has 126 valence electrons. The van der Waals surface area contributed by atoms with Crippen LogP contribution in [0.15, 0.2) is 41.4 Å². The average Bonchev–Trinajstić information content (AvgIpc) is 3.13. The number of thioether (sulfide) groups is 1. The Morgan fingerprint density at radius 1 is 1.21 bits per heavy atom. The number of nitrogens with zero attached hydrogens (tertiary/aromatic N) is 4. The number of benzene rings is 1. The molecule has 4 rings (SSSR count). The van der Waals surface area contributed by atoms with Gasteiger partial charge < -0.3 is 4.90 Å². The summed E-state index contributed by atoms with van der Waals surface area (Å²) >= 11 is 1.74. The molecule has 1 atom stereocenters. The predicted molar refractivity (Wildman–Crippen MR) is 94.0 cm³/mol. The second-order valence-electron chi connectivity index (χ2n) is 6.59. The second kappa shape index (κ2) is 6.97. The highest BCUT2D eigenvalue weighted by atomic mass is 32.2. The lowest BCUT2D eigenvalue weighted by atomic mass is 10.2. The minimum atomic E-state index is 0.253. The highest BCUT2D eigenvalue weighted by Crippen LogP contribution is 2.39. The van der Waals surface area contributed by atoms with Crippen LogP contribution in [-0.2, 0) is 4.79 Å². The Morgan fingerprint density at radius 3 is 2.83 bits per heavy atom. The topological polar surface area (TPSA) is 51.0 Å². The smallest absolute Gasteiger partial charge is 0.223 e. The summed E-state index contributed by atoms with van der Waals surface area (Å²) < 4.78 is 1.97. The first-order valence-electron chi connectivity index (χ1n) is 8.67. The molecule has 1 aromatic heterocycles. The molecule has 1 aliphatic heterocycles. The molecule has 2 heterocycles. The summed E-state index contributed by atoms with van der Waals surface area (Å²) in [5, 5.41) is 8.56. The molecule has 1 unspecified atom stereocenters. The fraction of sp³-hybridized carbons (Fsp3) is 0.500. The van der Waals surface area contributed by atoms with E-state index in [0.29, 0.717) is 12.3 Å². The maximum Gasteiger partial charge on any atom is 0.223 e. The van der Waals surface area contributed by atoms with E-state index in [0.717, 1.165) is 31.0 Å². The normalized spacial score (nSPS) is 20.5. The molecule has 0 N–H and O–H groups in total. The number of rotatable bonds is 6. The third kappa shape index (κ3) is 3.64. The van der Waals surface area contributed by atoms with Crippen molar-refractivity contribution < 1.29 is 4.79 Å². The monoisotopic (exact) mass is 342 g/mol. The fourth-order valence-corrected chi connectivity index (χ4v) is 4.01. The van der Waals surface area contributed by atoms with E-state index in [1.165, 1.54) is 17.7 Å². The van der Waals surface area contributed by atoms with E-state index in [-0.39, 0.29) is 11.9 Å². The van der Waals surface area contributed by atoms with Crippen molar-refractivity contribution in [1.82, 2.24) is 19.9 Å². The number of hydrogen-bond donors (Lipinski definition) is 0. The zero-order valence-electron chi connectivity index (χ0n) is 13.7. The van der Waals surface area contributed by atoms with Gasteiger partial charge in [-0.25, -0.2) is 4.68 Å². The van der Waals surface area contributed by atoms with E-state index < -0.39 is 0 Å². The van der Waals surface area contributed by atoms with Gasteiger partial charge in [0.05, 0.1) is 11.7 Å². The predicted octanol–water partition coefficient (Wildman–Crippen LogP) is 3.11. The molecule has 1 saturated heterocycles. The molecule has 2 fully saturated rings. The van der Waals surface area contributed by atoms with Crippen molar-refractivity contribution in [1.29, 1.82) is 0 Å². The summed E-state index contributed by atoms with van der Waals surface area (Å²) in [4.78, 5) is 15.6. The molecule has 2 aliphatic rings. The first-order chi connectivity index (χ1) is 11.8. The van der Waals surface area contributed by atoms with Gasteiger partial charge >= 0.3 is 0 Å². The summed E-state index contributed by atoms with van der Waals surface area (Å²) in [5.74, 6) is 1.72. The average molecular weight is 342 g/mol. The fourth-order valence-electron chi connectivity index (χ4n) is 3.15. The number of likely N-dealkylation sites (tertiary alicyclic amines) is 1. The Hall–Kier alpha value is -1.82. The molecule has 6 heteroatoms. The second-order valence-corrected chi connectivity index (χ2v) is 7.76. The van der Waals surface area contributed by atoms with Gasteiger partial charge in [-0.2, -0.15) is 0 Å². The van der Waals surface area contributed by atoms with Gasteiger partial charge in [-0.3, -0.25) is 4.79 Å². The molecular formula is C18H22N4OS. The Kier molecular flexibility index (Phi) is 4.56. The maximum absolute atomic E-state index is 12.4. The number of aromatic nitrogens is 3. The van der Waals surface area contributed by atoms with E-state index in [1.807, 2.05) is 27.8 Å². The number of amides is 1. The standard InChI is InChI=1S/C18H22N4OS/c23-18(9-11-24-16-4-2-1-3-5-16)21-10-8-15(12-21)22-13-17(19-20-22)14-6-7-14/h1-5,13-15H,6-12H2. The van der Waals surface area contributed by atoms with Crippen LogP contribution in [0, 0.1) is 0 Å². The Morgan fingerprint density at radius 2 is 2.04 bits per heavy atom. The summed E-state index contributed by atoms with van der Waals surface area (Å²) in [6, 6.07) is 10.5. The molecule has 1 saturated carbocycles. The van der Waals surface area contributed by atoms with Crippen molar-refractivity contribution in [3.05, 3.63) is 42.2 Å². The molecule has 5 nitrogen and oxygen atoms in total. The van der Waals surface area contributed by atoms with E-state index in [1.54, 1.807) is 11.8 Å². The molecular weight excluding hydrogens is 320 g/mol. The van der Waals surface area contributed by atoms with Gasteiger partial charge in [0.15, 0.2) is 0 Å². The quantitative estimate of drug-likeness (QED) is 0.757. The Bertz CT molecular complexity index is 698. The van der Waals surface area contributed by atoms with Gasteiger partial charge in [0.25, 0.3) is 0 Å². The summed E-state index contributed by atoms with van der Waals surface area (Å²) in [5.41, 5.74) is 1.12. The zero-order chi connectivity index (χ0) is 16.4. The molecule has 1 amide bonds. The first-order valence-corrected chi connectivity index (χ1v) is 9.65.